The molecule has 1 aromatic rings. The lowest BCUT2D eigenvalue weighted by atomic mass is 10.1. The molecule has 0 amide bonds. The maximum absolute atomic E-state index is 11.9. The zero-order valence-electron chi connectivity index (χ0n) is 8.25. The summed E-state index contributed by atoms with van der Waals surface area (Å²) in [6.07, 6.45) is -5.20. The number of aliphatic hydroxyl groups is 1. The Morgan fingerprint density at radius 1 is 1.40 bits per heavy atom. The molecule has 0 saturated carbocycles. The second-order valence-corrected chi connectivity index (χ2v) is 3.43. The topological polar surface area (TPSA) is 33.1 Å². The molecule has 84 valence electrons. The molecule has 1 unspecified atom stereocenters. The number of aliphatic hydroxyl groups excluding tert-OH is 1. The molecule has 0 bridgehead atoms. The molecular formula is C10H12F3NO. The fourth-order valence-corrected chi connectivity index (χ4v) is 1.12. The molecule has 1 N–H and O–H groups in total. The largest absolute Gasteiger partial charge is 0.389 e. The molecule has 0 aliphatic heterocycles. The minimum atomic E-state index is -4.23. The van der Waals surface area contributed by atoms with E-state index < -0.39 is 18.7 Å². The Morgan fingerprint density at radius 3 is 2.53 bits per heavy atom. The number of aromatic nitrogens is 1. The predicted molar refractivity (Wildman–Crippen MR) is 49.2 cm³/mol. The number of nitrogens with zero attached hydrogens (tertiary/aromatic N) is 1. The van der Waals surface area contributed by atoms with Gasteiger partial charge in [-0.25, -0.2) is 0 Å². The van der Waals surface area contributed by atoms with E-state index in [1.165, 1.54) is 12.3 Å². The molecule has 0 saturated heterocycles. The van der Waals surface area contributed by atoms with Crippen LogP contribution in [-0.2, 0) is 0 Å². The van der Waals surface area contributed by atoms with Crippen molar-refractivity contribution in [3.05, 3.63) is 29.6 Å². The van der Waals surface area contributed by atoms with Crippen molar-refractivity contribution in [1.29, 1.82) is 0 Å². The van der Waals surface area contributed by atoms with Crippen molar-refractivity contribution in [2.75, 3.05) is 0 Å². The first kappa shape index (κ1) is 12.0. The number of hydrogen-bond acceptors (Lipinski definition) is 2. The summed E-state index contributed by atoms with van der Waals surface area (Å²) in [6.45, 7) is 1.82. The second-order valence-electron chi connectivity index (χ2n) is 3.43. The van der Waals surface area contributed by atoms with Gasteiger partial charge in [-0.05, 0) is 25.0 Å². The van der Waals surface area contributed by atoms with E-state index in [-0.39, 0.29) is 12.1 Å². The number of pyridine rings is 1. The van der Waals surface area contributed by atoms with Crippen LogP contribution in [0.15, 0.2) is 18.3 Å². The minimum absolute atomic E-state index is 0.282. The zero-order chi connectivity index (χ0) is 11.5. The van der Waals surface area contributed by atoms with Gasteiger partial charge in [0.15, 0.2) is 0 Å². The highest BCUT2D eigenvalue weighted by molar-refractivity contribution is 5.13. The Kier molecular flexibility index (Phi) is 3.68. The lowest BCUT2D eigenvalue weighted by molar-refractivity contribution is -0.140. The van der Waals surface area contributed by atoms with Crippen LogP contribution in [0.5, 0.6) is 0 Å². The van der Waals surface area contributed by atoms with Crippen LogP contribution in [0.2, 0.25) is 0 Å². The normalized spacial score (nSPS) is 13.9. The van der Waals surface area contributed by atoms with Gasteiger partial charge in [0.25, 0.3) is 0 Å². The first-order valence-corrected chi connectivity index (χ1v) is 4.56. The van der Waals surface area contributed by atoms with Gasteiger partial charge in [-0.15, -0.1) is 0 Å². The van der Waals surface area contributed by atoms with Gasteiger partial charge in [-0.3, -0.25) is 4.98 Å². The van der Waals surface area contributed by atoms with Crippen LogP contribution in [-0.4, -0.2) is 16.3 Å². The third-order valence-electron chi connectivity index (χ3n) is 1.98. The maximum atomic E-state index is 11.9. The molecule has 0 fully saturated rings. The van der Waals surface area contributed by atoms with Crippen molar-refractivity contribution >= 4 is 0 Å². The number of alkyl halides is 3. The lowest BCUT2D eigenvalue weighted by Crippen LogP contribution is -2.10. The molecule has 5 heteroatoms. The van der Waals surface area contributed by atoms with Crippen LogP contribution >= 0.6 is 0 Å². The van der Waals surface area contributed by atoms with Gasteiger partial charge in [-0.2, -0.15) is 13.2 Å². The Labute approximate surface area is 85.8 Å². The molecule has 1 atom stereocenters. The fourth-order valence-electron chi connectivity index (χ4n) is 1.12. The van der Waals surface area contributed by atoms with Crippen molar-refractivity contribution in [3.8, 4) is 0 Å². The predicted octanol–water partition coefficient (Wildman–Crippen LogP) is 2.77. The Hall–Kier alpha value is -1.10. The first-order valence-electron chi connectivity index (χ1n) is 4.56. The zero-order valence-corrected chi connectivity index (χ0v) is 8.25. The summed E-state index contributed by atoms with van der Waals surface area (Å²) in [6, 6.07) is 3.25. The Balaban J connectivity index is 2.54. The Morgan fingerprint density at radius 2 is 2.07 bits per heavy atom. The average molecular weight is 219 g/mol. The number of rotatable bonds is 3. The van der Waals surface area contributed by atoms with Crippen LogP contribution in [0, 0.1) is 6.92 Å². The fraction of sp³-hybridized carbons (Fsp3) is 0.500. The molecule has 0 aromatic carbocycles. The van der Waals surface area contributed by atoms with E-state index in [1.807, 2.05) is 6.92 Å². The van der Waals surface area contributed by atoms with Crippen LogP contribution in [0.3, 0.4) is 0 Å². The summed E-state index contributed by atoms with van der Waals surface area (Å²) >= 11 is 0. The summed E-state index contributed by atoms with van der Waals surface area (Å²) in [7, 11) is 0. The van der Waals surface area contributed by atoms with Gasteiger partial charge in [0.2, 0.25) is 0 Å². The van der Waals surface area contributed by atoms with Gasteiger partial charge in [0.05, 0.1) is 11.8 Å². The van der Waals surface area contributed by atoms with E-state index >= 15 is 0 Å². The highest BCUT2D eigenvalue weighted by Gasteiger charge is 2.28. The van der Waals surface area contributed by atoms with Crippen LogP contribution in [0.25, 0.3) is 0 Å². The van der Waals surface area contributed by atoms with E-state index in [0.29, 0.717) is 0 Å². The summed E-state index contributed by atoms with van der Waals surface area (Å²) in [4.78, 5) is 3.86. The van der Waals surface area contributed by atoms with Crippen molar-refractivity contribution in [1.82, 2.24) is 4.98 Å². The van der Waals surface area contributed by atoms with Gasteiger partial charge in [-0.1, -0.05) is 6.07 Å². The molecule has 2 nitrogen and oxygen atoms in total. The van der Waals surface area contributed by atoms with Crippen LogP contribution in [0.1, 0.15) is 30.2 Å². The van der Waals surface area contributed by atoms with Crippen molar-refractivity contribution in [2.24, 2.45) is 0 Å². The molecule has 0 radical (unpaired) electrons. The quantitative estimate of drug-likeness (QED) is 0.847. The van der Waals surface area contributed by atoms with Crippen LogP contribution < -0.4 is 0 Å². The standard InChI is InChI=1S/C10H12F3NO/c1-7-2-3-8(14-6-7)9(15)4-5-10(11,12)13/h2-3,6,9,15H,4-5H2,1H3. The molecule has 1 aromatic heterocycles. The minimum Gasteiger partial charge on any atom is -0.387 e. The van der Waals surface area contributed by atoms with Gasteiger partial charge < -0.3 is 5.11 Å². The van der Waals surface area contributed by atoms with E-state index in [1.54, 1.807) is 6.07 Å². The molecule has 1 heterocycles. The highest BCUT2D eigenvalue weighted by atomic mass is 19.4. The van der Waals surface area contributed by atoms with E-state index in [0.717, 1.165) is 5.56 Å². The summed E-state index contributed by atoms with van der Waals surface area (Å²) in [5, 5.41) is 9.41. The van der Waals surface area contributed by atoms with E-state index in [9.17, 15) is 18.3 Å². The lowest BCUT2D eigenvalue weighted by Gasteiger charge is -2.11. The van der Waals surface area contributed by atoms with Gasteiger partial charge >= 0.3 is 6.18 Å². The van der Waals surface area contributed by atoms with Crippen molar-refractivity contribution < 1.29 is 18.3 Å². The highest BCUT2D eigenvalue weighted by Crippen LogP contribution is 2.26. The first-order chi connectivity index (χ1) is 6.88. The van der Waals surface area contributed by atoms with Gasteiger partial charge in [0.1, 0.15) is 0 Å². The molecule has 0 aliphatic rings. The average Bonchev–Trinajstić information content (AvgIpc) is 2.14. The van der Waals surface area contributed by atoms with Crippen LogP contribution in [0.4, 0.5) is 13.2 Å². The monoisotopic (exact) mass is 219 g/mol. The summed E-state index contributed by atoms with van der Waals surface area (Å²) in [5.74, 6) is 0. The van der Waals surface area contributed by atoms with Gasteiger partial charge in [0, 0.05) is 12.6 Å². The number of aryl methyl sites for hydroxylation is 1. The second kappa shape index (κ2) is 4.61. The van der Waals surface area contributed by atoms with Crippen molar-refractivity contribution in [2.45, 2.75) is 32.0 Å². The maximum Gasteiger partial charge on any atom is 0.389 e. The van der Waals surface area contributed by atoms with E-state index in [2.05, 4.69) is 4.98 Å². The van der Waals surface area contributed by atoms with Crippen molar-refractivity contribution in [3.63, 3.8) is 0 Å². The number of halogens is 3. The molecule has 15 heavy (non-hydrogen) atoms. The molecule has 0 spiro atoms. The smallest absolute Gasteiger partial charge is 0.387 e. The molecular weight excluding hydrogens is 207 g/mol. The summed E-state index contributed by atoms with van der Waals surface area (Å²) < 4.78 is 35.6. The molecule has 1 rings (SSSR count). The SMILES string of the molecule is Cc1ccc(C(O)CCC(F)(F)F)nc1. The summed E-state index contributed by atoms with van der Waals surface area (Å²) in [5.41, 5.74) is 1.19. The number of hydrogen-bond donors (Lipinski definition) is 1. The molecule has 0 aliphatic carbocycles. The van der Waals surface area contributed by atoms with E-state index in [4.69, 9.17) is 0 Å². The Bertz CT molecular complexity index is 307. The third kappa shape index (κ3) is 4.29. The third-order valence-corrected chi connectivity index (χ3v) is 1.98.